The molecule has 0 radical (unpaired) electrons. The zero-order valence-electron chi connectivity index (χ0n) is 20.8. The van der Waals surface area contributed by atoms with Crippen LogP contribution in [0.15, 0.2) is 146 Å². The molecule has 5 aromatic carbocycles. The standard InChI is InChI=1S/C32H28O4P2/c33-37(27-15-5-1-6-16-27,28-17-7-2-8-18-28)25-35-31-23-13-14-24-32(31)36-26-38(34,29-19-9-3-10-20-29)30-21-11-4-12-22-30/h1-24H,25-26H2. The van der Waals surface area contributed by atoms with Gasteiger partial charge in [-0.3, -0.25) is 0 Å². The van der Waals surface area contributed by atoms with Gasteiger partial charge in [-0.25, -0.2) is 0 Å². The minimum Gasteiger partial charge on any atom is -0.481 e. The molecule has 5 rings (SSSR count). The molecule has 0 aliphatic carbocycles. The van der Waals surface area contributed by atoms with Crippen LogP contribution in [-0.2, 0) is 9.13 Å². The first-order valence-corrected chi connectivity index (χ1v) is 16.1. The Labute approximate surface area is 223 Å². The largest absolute Gasteiger partial charge is 0.481 e. The second-order valence-electron chi connectivity index (χ2n) is 8.82. The lowest BCUT2D eigenvalue weighted by atomic mass is 10.3. The van der Waals surface area contributed by atoms with Crippen molar-refractivity contribution in [1.29, 1.82) is 0 Å². The van der Waals surface area contributed by atoms with Gasteiger partial charge in [0.25, 0.3) is 0 Å². The predicted molar refractivity (Wildman–Crippen MR) is 157 cm³/mol. The highest BCUT2D eigenvalue weighted by atomic mass is 31.2. The Hall–Kier alpha value is -3.84. The maximum Gasteiger partial charge on any atom is 0.178 e. The summed E-state index contributed by atoms with van der Waals surface area (Å²) in [6.45, 7) is 0. The topological polar surface area (TPSA) is 52.6 Å². The Morgan fingerprint density at radius 3 is 0.868 bits per heavy atom. The van der Waals surface area contributed by atoms with E-state index in [9.17, 15) is 9.13 Å². The SMILES string of the molecule is O=P(COc1ccccc1OCP(=O)(c1ccccc1)c1ccccc1)(c1ccccc1)c1ccccc1. The zero-order chi connectivity index (χ0) is 26.3. The fourth-order valence-corrected chi connectivity index (χ4v) is 8.73. The van der Waals surface area contributed by atoms with Crippen LogP contribution in [0.25, 0.3) is 0 Å². The molecule has 0 heterocycles. The van der Waals surface area contributed by atoms with Crippen LogP contribution in [0.2, 0.25) is 0 Å². The van der Waals surface area contributed by atoms with Gasteiger partial charge >= 0.3 is 0 Å². The van der Waals surface area contributed by atoms with Gasteiger partial charge in [-0.1, -0.05) is 133 Å². The molecule has 38 heavy (non-hydrogen) atoms. The molecule has 0 amide bonds. The Bertz CT molecular complexity index is 1350. The van der Waals surface area contributed by atoms with E-state index in [1.165, 1.54) is 0 Å². The molecule has 0 aromatic heterocycles. The van der Waals surface area contributed by atoms with E-state index in [1.807, 2.05) is 133 Å². The van der Waals surface area contributed by atoms with Gasteiger partial charge in [-0.05, 0) is 12.1 Å². The van der Waals surface area contributed by atoms with Crippen molar-refractivity contribution < 1.29 is 18.6 Å². The van der Waals surface area contributed by atoms with Gasteiger partial charge in [0, 0.05) is 21.2 Å². The second kappa shape index (κ2) is 11.7. The van der Waals surface area contributed by atoms with Crippen molar-refractivity contribution >= 4 is 35.5 Å². The van der Waals surface area contributed by atoms with Gasteiger partial charge in [-0.15, -0.1) is 0 Å². The maximum atomic E-state index is 14.4. The number of hydrogen-bond donors (Lipinski definition) is 0. The summed E-state index contributed by atoms with van der Waals surface area (Å²) >= 11 is 0. The molecule has 6 heteroatoms. The van der Waals surface area contributed by atoms with Gasteiger partial charge in [0.2, 0.25) is 0 Å². The number of benzene rings is 5. The molecule has 0 aliphatic rings. The Kier molecular flexibility index (Phi) is 7.94. The molecule has 0 fully saturated rings. The molecular formula is C32H28O4P2. The van der Waals surface area contributed by atoms with E-state index in [-0.39, 0.29) is 12.7 Å². The maximum absolute atomic E-state index is 14.4. The predicted octanol–water partition coefficient (Wildman–Crippen LogP) is 6.39. The van der Waals surface area contributed by atoms with Crippen LogP contribution in [-0.4, -0.2) is 12.7 Å². The number of rotatable bonds is 10. The van der Waals surface area contributed by atoms with Crippen molar-refractivity contribution in [3.05, 3.63) is 146 Å². The van der Waals surface area contributed by atoms with Crippen LogP contribution in [0.4, 0.5) is 0 Å². The van der Waals surface area contributed by atoms with Gasteiger partial charge in [0.1, 0.15) is 12.7 Å². The minimum atomic E-state index is -3.09. The van der Waals surface area contributed by atoms with Crippen LogP contribution in [0.5, 0.6) is 11.5 Å². The van der Waals surface area contributed by atoms with Gasteiger partial charge in [-0.2, -0.15) is 0 Å². The third kappa shape index (κ3) is 5.53. The molecule has 0 unspecified atom stereocenters. The first-order chi connectivity index (χ1) is 18.6. The van der Waals surface area contributed by atoms with E-state index in [0.29, 0.717) is 11.5 Å². The lowest BCUT2D eigenvalue weighted by molar-refractivity contribution is 0.325. The van der Waals surface area contributed by atoms with E-state index in [0.717, 1.165) is 21.2 Å². The van der Waals surface area contributed by atoms with E-state index < -0.39 is 14.3 Å². The van der Waals surface area contributed by atoms with Crippen LogP contribution < -0.4 is 30.7 Å². The van der Waals surface area contributed by atoms with E-state index in [1.54, 1.807) is 12.1 Å². The van der Waals surface area contributed by atoms with Crippen molar-refractivity contribution in [3.8, 4) is 11.5 Å². The quantitative estimate of drug-likeness (QED) is 0.194. The molecule has 0 atom stereocenters. The van der Waals surface area contributed by atoms with Gasteiger partial charge in [0.05, 0.1) is 0 Å². The van der Waals surface area contributed by atoms with Crippen LogP contribution in [0.3, 0.4) is 0 Å². The molecule has 0 N–H and O–H groups in total. The molecule has 0 bridgehead atoms. The van der Waals surface area contributed by atoms with Crippen molar-refractivity contribution in [1.82, 2.24) is 0 Å². The summed E-state index contributed by atoms with van der Waals surface area (Å²) in [7, 11) is -6.18. The third-order valence-corrected chi connectivity index (χ3v) is 11.9. The lowest BCUT2D eigenvalue weighted by Gasteiger charge is -2.22. The normalized spacial score (nSPS) is 11.6. The lowest BCUT2D eigenvalue weighted by Crippen LogP contribution is -2.22. The highest BCUT2D eigenvalue weighted by Gasteiger charge is 2.30. The number of hydrogen-bond acceptors (Lipinski definition) is 4. The molecule has 5 aromatic rings. The molecular weight excluding hydrogens is 510 g/mol. The minimum absolute atomic E-state index is 0.0313. The molecule has 0 saturated heterocycles. The van der Waals surface area contributed by atoms with E-state index in [4.69, 9.17) is 9.47 Å². The average molecular weight is 539 g/mol. The highest BCUT2D eigenvalue weighted by Crippen LogP contribution is 2.46. The van der Waals surface area contributed by atoms with Crippen molar-refractivity contribution in [2.45, 2.75) is 0 Å². The first-order valence-electron chi connectivity index (χ1n) is 12.3. The first kappa shape index (κ1) is 25.8. The fourth-order valence-electron chi connectivity index (χ4n) is 4.28. The summed E-state index contributed by atoms with van der Waals surface area (Å²) in [6, 6.07) is 44.9. The summed E-state index contributed by atoms with van der Waals surface area (Å²) in [4.78, 5) is 0. The van der Waals surface area contributed by atoms with Crippen molar-refractivity contribution in [2.24, 2.45) is 0 Å². The summed E-state index contributed by atoms with van der Waals surface area (Å²) in [5, 5.41) is 2.90. The number of ether oxygens (including phenoxy) is 2. The van der Waals surface area contributed by atoms with Crippen molar-refractivity contribution in [3.63, 3.8) is 0 Å². The van der Waals surface area contributed by atoms with Crippen molar-refractivity contribution in [2.75, 3.05) is 12.7 Å². The van der Waals surface area contributed by atoms with Gasteiger partial charge in [0.15, 0.2) is 25.8 Å². The second-order valence-corrected chi connectivity index (χ2v) is 14.4. The zero-order valence-corrected chi connectivity index (χ0v) is 22.6. The third-order valence-electron chi connectivity index (χ3n) is 6.35. The van der Waals surface area contributed by atoms with E-state index >= 15 is 0 Å². The number of para-hydroxylation sites is 2. The summed E-state index contributed by atoms with van der Waals surface area (Å²) < 4.78 is 41.2. The molecule has 0 saturated carbocycles. The monoisotopic (exact) mass is 538 g/mol. The smallest absolute Gasteiger partial charge is 0.178 e. The van der Waals surface area contributed by atoms with Crippen LogP contribution in [0.1, 0.15) is 0 Å². The average Bonchev–Trinajstić information content (AvgIpc) is 3.01. The highest BCUT2D eigenvalue weighted by molar-refractivity contribution is 7.79. The molecule has 0 spiro atoms. The summed E-state index contributed by atoms with van der Waals surface area (Å²) in [5.74, 6) is 0.902. The Morgan fingerprint density at radius 1 is 0.368 bits per heavy atom. The summed E-state index contributed by atoms with van der Waals surface area (Å²) in [6.07, 6.45) is -0.0626. The van der Waals surface area contributed by atoms with Crippen LogP contribution in [0, 0.1) is 0 Å². The van der Waals surface area contributed by atoms with E-state index in [2.05, 4.69) is 0 Å². The van der Waals surface area contributed by atoms with Gasteiger partial charge < -0.3 is 18.6 Å². The van der Waals surface area contributed by atoms with Crippen LogP contribution >= 0.6 is 14.3 Å². The molecule has 4 nitrogen and oxygen atoms in total. The fraction of sp³-hybridized carbons (Fsp3) is 0.0625. The molecule has 190 valence electrons. The Balaban J connectivity index is 1.42. The summed E-state index contributed by atoms with van der Waals surface area (Å²) in [5.41, 5.74) is 0. The Morgan fingerprint density at radius 2 is 0.605 bits per heavy atom. The molecule has 0 aliphatic heterocycles.